The van der Waals surface area contributed by atoms with Gasteiger partial charge in [-0.15, -0.1) is 24.0 Å². The molecular weight excluding hydrogens is 531 g/mol. The van der Waals surface area contributed by atoms with Crippen LogP contribution in [-0.4, -0.2) is 42.8 Å². The highest BCUT2D eigenvalue weighted by atomic mass is 127. The minimum Gasteiger partial charge on any atom is -0.493 e. The second-order valence-corrected chi connectivity index (χ2v) is 6.87. The first-order valence-corrected chi connectivity index (χ1v) is 10.00. The SMILES string of the molecule is CN=C(NCCCn1c(C)nc2ccccc21)NCc1ccc(OC)c(OC(F)F)c1.I. The average Bonchev–Trinajstić information content (AvgIpc) is 3.08. The number of imidazole rings is 1. The molecule has 32 heavy (non-hydrogen) atoms. The number of fused-ring (bicyclic) bond motifs is 1. The Morgan fingerprint density at radius 2 is 1.94 bits per heavy atom. The number of ether oxygens (including phenoxy) is 2. The van der Waals surface area contributed by atoms with Crippen molar-refractivity contribution in [2.45, 2.75) is 33.0 Å². The third-order valence-electron chi connectivity index (χ3n) is 4.82. The molecule has 0 saturated heterocycles. The number of aromatic nitrogens is 2. The second kappa shape index (κ2) is 12.4. The van der Waals surface area contributed by atoms with E-state index >= 15 is 0 Å². The Labute approximate surface area is 203 Å². The quantitative estimate of drug-likeness (QED) is 0.177. The summed E-state index contributed by atoms with van der Waals surface area (Å²) in [4.78, 5) is 8.79. The number of para-hydroxylation sites is 2. The van der Waals surface area contributed by atoms with Gasteiger partial charge in [0, 0.05) is 26.7 Å². The first-order valence-electron chi connectivity index (χ1n) is 10.00. The van der Waals surface area contributed by atoms with E-state index < -0.39 is 6.61 Å². The van der Waals surface area contributed by atoms with Gasteiger partial charge in [0.05, 0.1) is 18.1 Å². The number of hydrogen-bond donors (Lipinski definition) is 2. The Kier molecular flexibility index (Phi) is 9.95. The summed E-state index contributed by atoms with van der Waals surface area (Å²) in [7, 11) is 3.09. The lowest BCUT2D eigenvalue weighted by molar-refractivity contribution is -0.0512. The largest absolute Gasteiger partial charge is 0.493 e. The number of nitrogens with zero attached hydrogens (tertiary/aromatic N) is 3. The molecule has 0 spiro atoms. The summed E-state index contributed by atoms with van der Waals surface area (Å²) in [6.45, 7) is 1.04. The Bertz CT molecular complexity index is 1040. The molecule has 1 aromatic heterocycles. The Morgan fingerprint density at radius 3 is 2.66 bits per heavy atom. The number of nitrogens with one attached hydrogen (secondary N) is 2. The monoisotopic (exact) mass is 559 g/mol. The van der Waals surface area contributed by atoms with E-state index in [1.165, 1.54) is 13.2 Å². The van der Waals surface area contributed by atoms with Crippen LogP contribution >= 0.6 is 24.0 Å². The highest BCUT2D eigenvalue weighted by Gasteiger charge is 2.11. The molecule has 2 aromatic carbocycles. The van der Waals surface area contributed by atoms with Gasteiger partial charge in [-0.2, -0.15) is 8.78 Å². The predicted molar refractivity (Wildman–Crippen MR) is 132 cm³/mol. The first-order chi connectivity index (χ1) is 15.0. The maximum Gasteiger partial charge on any atom is 0.387 e. The molecule has 0 radical (unpaired) electrons. The topological polar surface area (TPSA) is 72.7 Å². The van der Waals surface area contributed by atoms with E-state index in [0.717, 1.165) is 35.4 Å². The van der Waals surface area contributed by atoms with E-state index in [9.17, 15) is 8.78 Å². The van der Waals surface area contributed by atoms with Crippen LogP contribution in [0.15, 0.2) is 47.5 Å². The van der Waals surface area contributed by atoms with E-state index in [4.69, 9.17) is 4.74 Å². The van der Waals surface area contributed by atoms with Crippen LogP contribution in [0.1, 0.15) is 17.8 Å². The van der Waals surface area contributed by atoms with Gasteiger partial charge < -0.3 is 24.7 Å². The van der Waals surface area contributed by atoms with Crippen molar-refractivity contribution in [1.29, 1.82) is 0 Å². The molecule has 0 atom stereocenters. The van der Waals surface area contributed by atoms with E-state index in [1.807, 2.05) is 25.1 Å². The van der Waals surface area contributed by atoms with Crippen molar-refractivity contribution in [3.63, 3.8) is 0 Å². The summed E-state index contributed by atoms with van der Waals surface area (Å²) in [5.74, 6) is 1.88. The van der Waals surface area contributed by atoms with Crippen molar-refractivity contribution in [3.8, 4) is 11.5 Å². The lowest BCUT2D eigenvalue weighted by atomic mass is 10.2. The number of methoxy groups -OCH3 is 1. The summed E-state index contributed by atoms with van der Waals surface area (Å²) >= 11 is 0. The van der Waals surface area contributed by atoms with Crippen molar-refractivity contribution < 1.29 is 18.3 Å². The van der Waals surface area contributed by atoms with Crippen LogP contribution in [0, 0.1) is 6.92 Å². The molecule has 0 aliphatic heterocycles. The number of aryl methyl sites for hydroxylation is 2. The fourth-order valence-electron chi connectivity index (χ4n) is 3.35. The molecule has 0 amide bonds. The van der Waals surface area contributed by atoms with E-state index in [-0.39, 0.29) is 35.5 Å². The van der Waals surface area contributed by atoms with E-state index in [1.54, 1.807) is 19.2 Å². The number of benzene rings is 2. The van der Waals surface area contributed by atoms with Gasteiger partial charge in [-0.05, 0) is 43.2 Å². The van der Waals surface area contributed by atoms with Crippen LogP contribution in [0.3, 0.4) is 0 Å². The molecule has 0 unspecified atom stereocenters. The Balaban J connectivity index is 0.00000363. The Hall–Kier alpha value is -2.63. The number of rotatable bonds is 9. The highest BCUT2D eigenvalue weighted by Crippen LogP contribution is 2.29. The van der Waals surface area contributed by atoms with Gasteiger partial charge in [0.2, 0.25) is 0 Å². The van der Waals surface area contributed by atoms with Gasteiger partial charge in [-0.3, -0.25) is 4.99 Å². The van der Waals surface area contributed by atoms with Gasteiger partial charge in [-0.25, -0.2) is 4.98 Å². The zero-order chi connectivity index (χ0) is 22.2. The summed E-state index contributed by atoms with van der Waals surface area (Å²) in [6, 6.07) is 13.0. The number of aliphatic imine (C=N–C) groups is 1. The van der Waals surface area contributed by atoms with E-state index in [0.29, 0.717) is 19.0 Å². The fraction of sp³-hybridized carbons (Fsp3) is 0.364. The van der Waals surface area contributed by atoms with Crippen molar-refractivity contribution in [3.05, 3.63) is 53.9 Å². The molecule has 7 nitrogen and oxygen atoms in total. The van der Waals surface area contributed by atoms with Crippen molar-refractivity contribution in [2.75, 3.05) is 20.7 Å². The molecule has 2 N–H and O–H groups in total. The number of halogens is 3. The summed E-state index contributed by atoms with van der Waals surface area (Å²) in [6.07, 6.45) is 0.886. The Morgan fingerprint density at radius 1 is 1.16 bits per heavy atom. The summed E-state index contributed by atoms with van der Waals surface area (Å²) < 4.78 is 37.0. The molecule has 3 rings (SSSR count). The molecule has 0 saturated carbocycles. The maximum atomic E-state index is 12.6. The summed E-state index contributed by atoms with van der Waals surface area (Å²) in [5, 5.41) is 6.44. The third-order valence-corrected chi connectivity index (χ3v) is 4.82. The van der Waals surface area contributed by atoms with Gasteiger partial charge >= 0.3 is 6.61 Å². The molecule has 0 aliphatic carbocycles. The van der Waals surface area contributed by atoms with Crippen molar-refractivity contribution in [2.24, 2.45) is 4.99 Å². The first kappa shape index (κ1) is 25.6. The second-order valence-electron chi connectivity index (χ2n) is 6.87. The molecule has 1 heterocycles. The summed E-state index contributed by atoms with van der Waals surface area (Å²) in [5.41, 5.74) is 2.89. The number of alkyl halides is 2. The number of hydrogen-bond acceptors (Lipinski definition) is 4. The molecule has 0 aliphatic rings. The average molecular weight is 559 g/mol. The zero-order valence-corrected chi connectivity index (χ0v) is 20.6. The van der Waals surface area contributed by atoms with Gasteiger partial charge in [-0.1, -0.05) is 18.2 Å². The fourth-order valence-corrected chi connectivity index (χ4v) is 3.35. The molecule has 0 fully saturated rings. The van der Waals surface area contributed by atoms with Crippen LogP contribution in [0.5, 0.6) is 11.5 Å². The predicted octanol–water partition coefficient (Wildman–Crippen LogP) is 4.33. The van der Waals surface area contributed by atoms with Crippen molar-refractivity contribution in [1.82, 2.24) is 20.2 Å². The molecule has 174 valence electrons. The standard InChI is InChI=1S/C22H27F2N5O2.HI/c1-15-28-17-7-4-5-8-18(17)29(15)12-6-11-26-22(25-2)27-14-16-9-10-19(30-3)20(13-16)31-21(23)24;/h4-5,7-10,13,21H,6,11-12,14H2,1-3H3,(H2,25,26,27);1H. The zero-order valence-electron chi connectivity index (χ0n) is 18.3. The van der Waals surface area contributed by atoms with E-state index in [2.05, 4.69) is 36.0 Å². The lowest BCUT2D eigenvalue weighted by Crippen LogP contribution is -2.37. The smallest absolute Gasteiger partial charge is 0.387 e. The van der Waals surface area contributed by atoms with Crippen LogP contribution in [0.2, 0.25) is 0 Å². The van der Waals surface area contributed by atoms with Crippen LogP contribution in [0.4, 0.5) is 8.78 Å². The minimum atomic E-state index is -2.91. The van der Waals surface area contributed by atoms with Gasteiger partial charge in [0.1, 0.15) is 5.82 Å². The normalized spacial score (nSPS) is 11.4. The maximum absolute atomic E-state index is 12.6. The third kappa shape index (κ3) is 6.68. The van der Waals surface area contributed by atoms with Crippen LogP contribution in [0.25, 0.3) is 11.0 Å². The molecular formula is C22H28F2IN5O2. The van der Waals surface area contributed by atoms with Crippen molar-refractivity contribution >= 4 is 41.0 Å². The van der Waals surface area contributed by atoms with Crippen LogP contribution < -0.4 is 20.1 Å². The van der Waals surface area contributed by atoms with Gasteiger partial charge in [0.15, 0.2) is 17.5 Å². The molecule has 3 aromatic rings. The van der Waals surface area contributed by atoms with Gasteiger partial charge in [0.25, 0.3) is 0 Å². The highest BCUT2D eigenvalue weighted by molar-refractivity contribution is 14.0. The molecule has 0 bridgehead atoms. The molecule has 10 heteroatoms. The minimum absolute atomic E-state index is 0. The number of guanidine groups is 1. The lowest BCUT2D eigenvalue weighted by Gasteiger charge is -2.14. The van der Waals surface area contributed by atoms with Crippen LogP contribution in [-0.2, 0) is 13.1 Å².